The predicted molar refractivity (Wildman–Crippen MR) is 83.2 cm³/mol. The molecule has 0 atom stereocenters. The zero-order chi connectivity index (χ0) is 15.7. The van der Waals surface area contributed by atoms with Crippen LogP contribution in [0.4, 0.5) is 0 Å². The summed E-state index contributed by atoms with van der Waals surface area (Å²) in [7, 11) is 0. The first kappa shape index (κ1) is 17.5. The third-order valence-electron chi connectivity index (χ3n) is 2.65. The van der Waals surface area contributed by atoms with Gasteiger partial charge in [-0.05, 0) is 51.4 Å². The molecule has 1 rings (SSSR count). The first-order chi connectivity index (χ1) is 9.90. The number of aliphatic hydroxyl groups is 1. The molecule has 118 valence electrons. The van der Waals surface area contributed by atoms with E-state index in [0.717, 1.165) is 25.1 Å². The highest BCUT2D eigenvalue weighted by molar-refractivity contribution is 5.78. The normalized spacial score (nSPS) is 11.2. The molecule has 5 nitrogen and oxygen atoms in total. The second-order valence-corrected chi connectivity index (χ2v) is 5.98. The number of carbonyl (C=O) groups excluding carboxylic acids is 1. The van der Waals surface area contributed by atoms with Crippen molar-refractivity contribution < 1.29 is 14.6 Å². The van der Waals surface area contributed by atoms with Crippen LogP contribution in [0.15, 0.2) is 24.3 Å². The molecule has 3 N–H and O–H groups in total. The summed E-state index contributed by atoms with van der Waals surface area (Å²) in [5.41, 5.74) is 0.893. The molecular formula is C16H26N2O3. The number of nitrogens with one attached hydrogen (secondary N) is 2. The molecule has 0 saturated carbocycles. The van der Waals surface area contributed by atoms with Gasteiger partial charge in [-0.15, -0.1) is 0 Å². The van der Waals surface area contributed by atoms with E-state index in [9.17, 15) is 4.79 Å². The van der Waals surface area contributed by atoms with Crippen LogP contribution in [0.3, 0.4) is 0 Å². The van der Waals surface area contributed by atoms with E-state index in [-0.39, 0.29) is 24.7 Å². The lowest BCUT2D eigenvalue weighted by Crippen LogP contribution is -2.43. The summed E-state index contributed by atoms with van der Waals surface area (Å²) in [6.07, 6.45) is 0.754. The summed E-state index contributed by atoms with van der Waals surface area (Å²) in [5, 5.41) is 14.8. The van der Waals surface area contributed by atoms with Gasteiger partial charge in [0, 0.05) is 18.7 Å². The van der Waals surface area contributed by atoms with E-state index in [1.54, 1.807) is 0 Å². The van der Waals surface area contributed by atoms with Gasteiger partial charge < -0.3 is 20.5 Å². The third kappa shape index (κ3) is 8.32. The molecule has 1 aromatic rings. The smallest absolute Gasteiger partial charge is 0.258 e. The molecule has 0 fully saturated rings. The molecule has 0 aromatic heterocycles. The van der Waals surface area contributed by atoms with E-state index in [2.05, 4.69) is 10.6 Å². The summed E-state index contributed by atoms with van der Waals surface area (Å²) in [4.78, 5) is 11.6. The predicted octanol–water partition coefficient (Wildman–Crippen LogP) is 1.45. The molecule has 0 bridgehead atoms. The van der Waals surface area contributed by atoms with Crippen LogP contribution >= 0.6 is 0 Å². The van der Waals surface area contributed by atoms with Gasteiger partial charge in [-0.25, -0.2) is 0 Å². The van der Waals surface area contributed by atoms with E-state index >= 15 is 0 Å². The van der Waals surface area contributed by atoms with Crippen molar-refractivity contribution in [2.45, 2.75) is 39.3 Å². The van der Waals surface area contributed by atoms with Gasteiger partial charge in [-0.1, -0.05) is 12.1 Å². The Morgan fingerprint density at radius 1 is 1.24 bits per heavy atom. The van der Waals surface area contributed by atoms with Crippen molar-refractivity contribution in [3.63, 3.8) is 0 Å². The summed E-state index contributed by atoms with van der Waals surface area (Å²) >= 11 is 0. The lowest BCUT2D eigenvalue weighted by atomic mass is 10.1. The van der Waals surface area contributed by atoms with Crippen LogP contribution in [-0.4, -0.2) is 36.3 Å². The number of hydrogen-bond donors (Lipinski definition) is 3. The van der Waals surface area contributed by atoms with Crippen molar-refractivity contribution in [3.8, 4) is 5.75 Å². The molecule has 0 aliphatic carbocycles. The number of aliphatic hydroxyl groups excluding tert-OH is 1. The number of hydrogen-bond acceptors (Lipinski definition) is 4. The fraction of sp³-hybridized carbons (Fsp3) is 0.562. The highest BCUT2D eigenvalue weighted by Crippen LogP contribution is 2.12. The quantitative estimate of drug-likeness (QED) is 0.635. The molecule has 0 heterocycles. The molecule has 0 aliphatic heterocycles. The van der Waals surface area contributed by atoms with Gasteiger partial charge in [-0.3, -0.25) is 4.79 Å². The van der Waals surface area contributed by atoms with E-state index in [4.69, 9.17) is 9.84 Å². The van der Waals surface area contributed by atoms with Crippen LogP contribution in [0.1, 0.15) is 32.8 Å². The van der Waals surface area contributed by atoms with E-state index < -0.39 is 0 Å². The zero-order valence-corrected chi connectivity index (χ0v) is 13.1. The van der Waals surface area contributed by atoms with Gasteiger partial charge in [0.1, 0.15) is 5.75 Å². The Bertz CT molecular complexity index is 424. The summed E-state index contributed by atoms with van der Waals surface area (Å²) in [6, 6.07) is 7.63. The Morgan fingerprint density at radius 2 is 1.90 bits per heavy atom. The fourth-order valence-electron chi connectivity index (χ4n) is 1.74. The van der Waals surface area contributed by atoms with Gasteiger partial charge in [0.05, 0.1) is 0 Å². The standard InChI is InChI=1S/C16H26N2O3/c1-16(2,3)18-15(20)12-21-14-7-5-13(6-8-14)11-17-9-4-10-19/h5-8,17,19H,4,9-12H2,1-3H3,(H,18,20). The van der Waals surface area contributed by atoms with Crippen LogP contribution in [-0.2, 0) is 11.3 Å². The maximum atomic E-state index is 11.6. The van der Waals surface area contributed by atoms with E-state index in [0.29, 0.717) is 5.75 Å². The molecule has 0 saturated heterocycles. The molecule has 1 amide bonds. The van der Waals surface area contributed by atoms with Gasteiger partial charge in [0.15, 0.2) is 6.61 Å². The minimum Gasteiger partial charge on any atom is -0.484 e. The lowest BCUT2D eigenvalue weighted by Gasteiger charge is -2.20. The summed E-state index contributed by atoms with van der Waals surface area (Å²) in [6.45, 7) is 7.57. The second kappa shape index (κ2) is 8.64. The first-order valence-electron chi connectivity index (χ1n) is 7.25. The Hall–Kier alpha value is -1.59. The molecule has 5 heteroatoms. The molecule has 0 aliphatic rings. The van der Waals surface area contributed by atoms with Gasteiger partial charge in [0.2, 0.25) is 0 Å². The van der Waals surface area contributed by atoms with Gasteiger partial charge >= 0.3 is 0 Å². The second-order valence-electron chi connectivity index (χ2n) is 5.98. The van der Waals surface area contributed by atoms with Crippen LogP contribution < -0.4 is 15.4 Å². The van der Waals surface area contributed by atoms with Crippen molar-refractivity contribution in [2.24, 2.45) is 0 Å². The Morgan fingerprint density at radius 3 is 2.48 bits per heavy atom. The molecule has 0 unspecified atom stereocenters. The van der Waals surface area contributed by atoms with Crippen molar-refractivity contribution >= 4 is 5.91 Å². The van der Waals surface area contributed by atoms with E-state index in [1.165, 1.54) is 0 Å². The highest BCUT2D eigenvalue weighted by atomic mass is 16.5. The average molecular weight is 294 g/mol. The Balaban J connectivity index is 2.32. The summed E-state index contributed by atoms with van der Waals surface area (Å²) < 4.78 is 5.45. The minimum atomic E-state index is -0.245. The van der Waals surface area contributed by atoms with Crippen LogP contribution in [0, 0.1) is 0 Å². The van der Waals surface area contributed by atoms with Crippen LogP contribution in [0.2, 0.25) is 0 Å². The molecule has 0 radical (unpaired) electrons. The Kier molecular flexibility index (Phi) is 7.19. The lowest BCUT2D eigenvalue weighted by molar-refractivity contribution is -0.124. The maximum Gasteiger partial charge on any atom is 0.258 e. The summed E-state index contributed by atoms with van der Waals surface area (Å²) in [5.74, 6) is 0.551. The molecule has 0 spiro atoms. The molecule has 1 aromatic carbocycles. The monoisotopic (exact) mass is 294 g/mol. The number of benzene rings is 1. The van der Waals surface area contributed by atoms with Crippen LogP contribution in [0.25, 0.3) is 0 Å². The number of rotatable bonds is 8. The van der Waals surface area contributed by atoms with Gasteiger partial charge in [0.25, 0.3) is 5.91 Å². The van der Waals surface area contributed by atoms with E-state index in [1.807, 2.05) is 45.0 Å². The first-order valence-corrected chi connectivity index (χ1v) is 7.25. The third-order valence-corrected chi connectivity index (χ3v) is 2.65. The Labute approximate surface area is 126 Å². The SMILES string of the molecule is CC(C)(C)NC(=O)COc1ccc(CNCCCO)cc1. The minimum absolute atomic E-state index is 0.0192. The molecule has 21 heavy (non-hydrogen) atoms. The largest absolute Gasteiger partial charge is 0.484 e. The fourth-order valence-corrected chi connectivity index (χ4v) is 1.74. The molecular weight excluding hydrogens is 268 g/mol. The van der Waals surface area contributed by atoms with Crippen molar-refractivity contribution in [1.82, 2.24) is 10.6 Å². The topological polar surface area (TPSA) is 70.6 Å². The number of carbonyl (C=O) groups is 1. The van der Waals surface area contributed by atoms with Crippen LogP contribution in [0.5, 0.6) is 5.75 Å². The van der Waals surface area contributed by atoms with Gasteiger partial charge in [-0.2, -0.15) is 0 Å². The average Bonchev–Trinajstić information content (AvgIpc) is 2.41. The zero-order valence-electron chi connectivity index (χ0n) is 13.1. The number of ether oxygens (including phenoxy) is 1. The number of amides is 1. The van der Waals surface area contributed by atoms with Crippen molar-refractivity contribution in [3.05, 3.63) is 29.8 Å². The van der Waals surface area contributed by atoms with Crippen molar-refractivity contribution in [1.29, 1.82) is 0 Å². The van der Waals surface area contributed by atoms with Crippen molar-refractivity contribution in [2.75, 3.05) is 19.8 Å². The maximum absolute atomic E-state index is 11.6. The highest BCUT2D eigenvalue weighted by Gasteiger charge is 2.13.